The van der Waals surface area contributed by atoms with Gasteiger partial charge in [-0.05, 0) is 38.6 Å². The number of carbonyl (C=O) groups excluding carboxylic acids is 2. The van der Waals surface area contributed by atoms with Gasteiger partial charge in [-0.1, -0.05) is 12.1 Å². The molecule has 6 nitrogen and oxygen atoms in total. The highest BCUT2D eigenvalue weighted by Gasteiger charge is 2.28. The molecule has 0 aromatic heterocycles. The lowest BCUT2D eigenvalue weighted by Gasteiger charge is -2.23. The zero-order valence-electron chi connectivity index (χ0n) is 14.3. The Kier molecular flexibility index (Phi) is 7.69. The highest BCUT2D eigenvalue weighted by molar-refractivity contribution is 5.96. The Labute approximate surface area is 144 Å². The van der Waals surface area contributed by atoms with E-state index >= 15 is 0 Å². The molecule has 2 N–H and O–H groups in total. The molecule has 0 aliphatic heterocycles. The number of imide groups is 1. The lowest BCUT2D eigenvalue weighted by atomic mass is 10.2. The molecule has 0 aliphatic rings. The van der Waals surface area contributed by atoms with Crippen LogP contribution >= 0.6 is 0 Å². The fourth-order valence-corrected chi connectivity index (χ4v) is 1.85. The van der Waals surface area contributed by atoms with Crippen LogP contribution in [0.5, 0.6) is 5.75 Å². The number of ether oxygens (including phenoxy) is 1. The smallest absolute Gasteiger partial charge is 0.405 e. The van der Waals surface area contributed by atoms with E-state index in [9.17, 15) is 22.8 Å². The van der Waals surface area contributed by atoms with Crippen LogP contribution in [0.2, 0.25) is 0 Å². The Hall–Kier alpha value is -2.29. The Morgan fingerprint density at radius 1 is 1.32 bits per heavy atom. The lowest BCUT2D eigenvalue weighted by Crippen LogP contribution is -2.50. The highest BCUT2D eigenvalue weighted by Crippen LogP contribution is 2.13. The van der Waals surface area contributed by atoms with E-state index in [-0.39, 0.29) is 0 Å². The number of carbonyl (C=O) groups is 2. The van der Waals surface area contributed by atoms with Crippen molar-refractivity contribution in [2.45, 2.75) is 26.1 Å². The van der Waals surface area contributed by atoms with Gasteiger partial charge in [0.2, 0.25) is 5.91 Å². The van der Waals surface area contributed by atoms with Crippen LogP contribution in [0.25, 0.3) is 0 Å². The van der Waals surface area contributed by atoms with Gasteiger partial charge >= 0.3 is 12.2 Å². The van der Waals surface area contributed by atoms with Gasteiger partial charge in [0.1, 0.15) is 18.9 Å². The summed E-state index contributed by atoms with van der Waals surface area (Å²) < 4.78 is 41.6. The largest absolute Gasteiger partial charge is 0.492 e. The zero-order chi connectivity index (χ0) is 19.0. The normalized spacial score (nSPS) is 12.6. The van der Waals surface area contributed by atoms with Crippen LogP contribution in [0, 0.1) is 6.92 Å². The third-order valence-corrected chi connectivity index (χ3v) is 3.43. The van der Waals surface area contributed by atoms with Crippen molar-refractivity contribution in [2.24, 2.45) is 0 Å². The van der Waals surface area contributed by atoms with Crippen molar-refractivity contribution >= 4 is 11.9 Å². The first-order chi connectivity index (χ1) is 11.6. The van der Waals surface area contributed by atoms with Crippen molar-refractivity contribution in [1.29, 1.82) is 0 Å². The Bertz CT molecular complexity index is 593. The van der Waals surface area contributed by atoms with E-state index in [1.165, 1.54) is 0 Å². The SMILES string of the molecule is Cc1cccc(OCCN(C)[C@@H](C)C(=O)NC(=O)NCC(F)(F)F)c1. The number of nitrogens with zero attached hydrogens (tertiary/aromatic N) is 1. The van der Waals surface area contributed by atoms with Gasteiger partial charge in [-0.25, -0.2) is 4.79 Å². The predicted molar refractivity (Wildman–Crippen MR) is 86.4 cm³/mol. The van der Waals surface area contributed by atoms with E-state index in [1.807, 2.05) is 36.5 Å². The van der Waals surface area contributed by atoms with Crippen LogP contribution < -0.4 is 15.4 Å². The molecule has 1 rings (SSSR count). The quantitative estimate of drug-likeness (QED) is 0.780. The van der Waals surface area contributed by atoms with Crippen molar-refractivity contribution in [3.63, 3.8) is 0 Å². The molecule has 0 fully saturated rings. The van der Waals surface area contributed by atoms with Gasteiger partial charge in [0.25, 0.3) is 0 Å². The van der Waals surface area contributed by atoms with Gasteiger partial charge in [-0.2, -0.15) is 13.2 Å². The topological polar surface area (TPSA) is 70.7 Å². The summed E-state index contributed by atoms with van der Waals surface area (Å²) in [5.74, 6) is 0.00904. The number of halogens is 3. The third-order valence-electron chi connectivity index (χ3n) is 3.43. The maximum Gasteiger partial charge on any atom is 0.405 e. The summed E-state index contributed by atoms with van der Waals surface area (Å²) in [6.07, 6.45) is -4.53. The second kappa shape index (κ2) is 9.26. The fraction of sp³-hybridized carbons (Fsp3) is 0.500. The van der Waals surface area contributed by atoms with Gasteiger partial charge in [-0.15, -0.1) is 0 Å². The Morgan fingerprint density at radius 3 is 2.60 bits per heavy atom. The van der Waals surface area contributed by atoms with Crippen molar-refractivity contribution in [3.8, 4) is 5.75 Å². The first-order valence-electron chi connectivity index (χ1n) is 7.63. The molecule has 0 unspecified atom stereocenters. The summed E-state index contributed by atoms with van der Waals surface area (Å²) in [5, 5.41) is 3.46. The van der Waals surface area contributed by atoms with Crippen LogP contribution in [0.3, 0.4) is 0 Å². The lowest BCUT2D eigenvalue weighted by molar-refractivity contribution is -0.126. The summed E-state index contributed by atoms with van der Waals surface area (Å²) in [6.45, 7) is 2.69. The molecule has 0 aliphatic carbocycles. The van der Waals surface area contributed by atoms with Crippen molar-refractivity contribution in [1.82, 2.24) is 15.5 Å². The molecule has 1 aromatic rings. The number of alkyl halides is 3. The minimum absolute atomic E-state index is 0.317. The summed E-state index contributed by atoms with van der Waals surface area (Å²) in [4.78, 5) is 24.8. The van der Waals surface area contributed by atoms with Gasteiger partial charge in [0, 0.05) is 6.54 Å². The number of aryl methyl sites for hydroxylation is 1. The number of rotatable bonds is 7. The number of hydrogen-bond donors (Lipinski definition) is 2. The highest BCUT2D eigenvalue weighted by atomic mass is 19.4. The maximum absolute atomic E-state index is 12.0. The minimum Gasteiger partial charge on any atom is -0.492 e. The van der Waals surface area contributed by atoms with Crippen LogP contribution in [-0.4, -0.2) is 55.8 Å². The van der Waals surface area contributed by atoms with Gasteiger partial charge in [-0.3, -0.25) is 15.0 Å². The maximum atomic E-state index is 12.0. The van der Waals surface area contributed by atoms with Gasteiger partial charge < -0.3 is 10.1 Å². The first kappa shape index (κ1) is 20.8. The number of benzene rings is 1. The number of amides is 3. The molecule has 0 bridgehead atoms. The number of likely N-dealkylation sites (N-methyl/N-ethyl adjacent to an activating group) is 1. The molecular weight excluding hydrogens is 339 g/mol. The number of urea groups is 1. The molecule has 1 aromatic carbocycles. The van der Waals surface area contributed by atoms with E-state index in [4.69, 9.17) is 4.74 Å². The second-order valence-corrected chi connectivity index (χ2v) is 5.61. The second-order valence-electron chi connectivity index (χ2n) is 5.61. The standard InChI is InChI=1S/C16H22F3N3O3/c1-11-5-4-6-13(9-11)25-8-7-22(3)12(2)14(23)21-15(24)20-10-16(17,18)19/h4-6,9,12H,7-8,10H2,1-3H3,(H2,20,21,23,24)/t12-/m0/s1. The molecule has 9 heteroatoms. The average Bonchev–Trinajstić information content (AvgIpc) is 2.51. The van der Waals surface area contributed by atoms with Crippen LogP contribution in [0.1, 0.15) is 12.5 Å². The van der Waals surface area contributed by atoms with E-state index < -0.39 is 30.7 Å². The third kappa shape index (κ3) is 8.39. The van der Waals surface area contributed by atoms with E-state index in [0.717, 1.165) is 5.56 Å². The average molecular weight is 361 g/mol. The molecule has 0 spiro atoms. The van der Waals surface area contributed by atoms with Crippen molar-refractivity contribution in [3.05, 3.63) is 29.8 Å². The van der Waals surface area contributed by atoms with E-state index in [1.54, 1.807) is 24.2 Å². The summed E-state index contributed by atoms with van der Waals surface area (Å²) in [7, 11) is 1.65. The molecule has 140 valence electrons. The molecule has 0 radical (unpaired) electrons. The summed E-state index contributed by atoms with van der Waals surface area (Å²) >= 11 is 0. The molecular formula is C16H22F3N3O3. The Morgan fingerprint density at radius 2 is 2.00 bits per heavy atom. The number of hydrogen-bond acceptors (Lipinski definition) is 4. The molecule has 0 heterocycles. The van der Waals surface area contributed by atoms with Crippen LogP contribution in [0.15, 0.2) is 24.3 Å². The fourth-order valence-electron chi connectivity index (χ4n) is 1.85. The molecule has 0 saturated carbocycles. The number of nitrogens with one attached hydrogen (secondary N) is 2. The van der Waals surface area contributed by atoms with Gasteiger partial charge in [0.05, 0.1) is 6.04 Å². The zero-order valence-corrected chi connectivity index (χ0v) is 14.3. The Balaban J connectivity index is 2.35. The monoisotopic (exact) mass is 361 g/mol. The minimum atomic E-state index is -4.53. The van der Waals surface area contributed by atoms with Crippen LogP contribution in [-0.2, 0) is 4.79 Å². The molecule has 1 atom stereocenters. The molecule has 25 heavy (non-hydrogen) atoms. The van der Waals surface area contributed by atoms with Crippen molar-refractivity contribution in [2.75, 3.05) is 26.7 Å². The van der Waals surface area contributed by atoms with Crippen molar-refractivity contribution < 1.29 is 27.5 Å². The van der Waals surface area contributed by atoms with E-state index in [0.29, 0.717) is 18.9 Å². The summed E-state index contributed by atoms with van der Waals surface area (Å²) in [5.41, 5.74) is 1.06. The molecule has 0 saturated heterocycles. The van der Waals surface area contributed by atoms with Gasteiger partial charge in [0.15, 0.2) is 0 Å². The van der Waals surface area contributed by atoms with E-state index in [2.05, 4.69) is 0 Å². The first-order valence-corrected chi connectivity index (χ1v) is 7.63. The summed E-state index contributed by atoms with van der Waals surface area (Å²) in [6, 6.07) is 5.60. The van der Waals surface area contributed by atoms with Crippen LogP contribution in [0.4, 0.5) is 18.0 Å². The predicted octanol–water partition coefficient (Wildman–Crippen LogP) is 2.08. The molecule has 3 amide bonds.